The fourth-order valence-electron chi connectivity index (χ4n) is 3.03. The summed E-state index contributed by atoms with van der Waals surface area (Å²) >= 11 is 0. The van der Waals surface area contributed by atoms with Crippen LogP contribution in [0.5, 0.6) is 0 Å². The largest absolute Gasteiger partial charge is 0.321 e. The minimum Gasteiger partial charge on any atom is -0.321 e. The number of piperidine rings is 1. The zero-order valence-electron chi connectivity index (χ0n) is 14.4. The lowest BCUT2D eigenvalue weighted by Crippen LogP contribution is -2.29. The van der Waals surface area contributed by atoms with Gasteiger partial charge < -0.3 is 10.6 Å². The Morgan fingerprint density at radius 1 is 1.31 bits per heavy atom. The molecule has 0 saturated carbocycles. The van der Waals surface area contributed by atoms with E-state index in [4.69, 9.17) is 0 Å². The molecule has 2 aromatic heterocycles. The van der Waals surface area contributed by atoms with Gasteiger partial charge in [0.2, 0.25) is 0 Å². The number of benzene rings is 1. The zero-order valence-corrected chi connectivity index (χ0v) is 14.4. The molecule has 0 bridgehead atoms. The van der Waals surface area contributed by atoms with E-state index in [2.05, 4.69) is 36.1 Å². The maximum Gasteiger partial charge on any atom is 0.277 e. The summed E-state index contributed by atoms with van der Waals surface area (Å²) in [6.45, 7) is 3.76. The van der Waals surface area contributed by atoms with Gasteiger partial charge in [0.1, 0.15) is 5.82 Å². The highest BCUT2D eigenvalue weighted by molar-refractivity contribution is 6.02. The van der Waals surface area contributed by atoms with Gasteiger partial charge >= 0.3 is 0 Å². The highest BCUT2D eigenvalue weighted by Crippen LogP contribution is 2.20. The first-order chi connectivity index (χ1) is 12.7. The van der Waals surface area contributed by atoms with Crippen LogP contribution >= 0.6 is 0 Å². The van der Waals surface area contributed by atoms with Crippen LogP contribution in [0.15, 0.2) is 30.5 Å². The zero-order chi connectivity index (χ0) is 17.9. The SMILES string of the molecule is Cc1nc(-c2cccc(NC(=O)c3cn(C4CCNCC4)nn3)c2)n[nH]1. The Labute approximate surface area is 150 Å². The van der Waals surface area contributed by atoms with Gasteiger partial charge in [-0.1, -0.05) is 17.3 Å². The molecule has 0 aliphatic carbocycles. The number of aryl methyl sites for hydroxylation is 1. The Balaban J connectivity index is 1.47. The molecule has 1 saturated heterocycles. The molecule has 3 heterocycles. The minimum atomic E-state index is -0.284. The summed E-state index contributed by atoms with van der Waals surface area (Å²) in [5.74, 6) is 1.05. The number of nitrogens with zero attached hydrogens (tertiary/aromatic N) is 5. The lowest BCUT2D eigenvalue weighted by molar-refractivity contribution is 0.102. The van der Waals surface area contributed by atoms with Crippen molar-refractivity contribution < 1.29 is 4.79 Å². The molecule has 4 rings (SSSR count). The highest BCUT2D eigenvalue weighted by atomic mass is 16.2. The van der Waals surface area contributed by atoms with E-state index in [0.717, 1.165) is 37.3 Å². The molecular weight excluding hydrogens is 332 g/mol. The predicted molar refractivity (Wildman–Crippen MR) is 95.7 cm³/mol. The topological polar surface area (TPSA) is 113 Å². The molecule has 134 valence electrons. The first-order valence-electron chi connectivity index (χ1n) is 8.62. The second-order valence-corrected chi connectivity index (χ2v) is 6.34. The standard InChI is InChI=1S/C17H20N8O/c1-11-19-16(23-21-11)12-3-2-4-13(9-12)20-17(26)15-10-25(24-22-15)14-5-7-18-8-6-14/h2-4,9-10,14,18H,5-8H2,1H3,(H,20,26)(H,19,21,23). The van der Waals surface area contributed by atoms with Crippen molar-refractivity contribution in [2.45, 2.75) is 25.8 Å². The van der Waals surface area contributed by atoms with Crippen LogP contribution in [0.25, 0.3) is 11.4 Å². The van der Waals surface area contributed by atoms with Crippen LogP contribution in [-0.4, -0.2) is 49.2 Å². The quantitative estimate of drug-likeness (QED) is 0.656. The Morgan fingerprint density at radius 3 is 2.92 bits per heavy atom. The molecule has 0 spiro atoms. The van der Waals surface area contributed by atoms with Crippen molar-refractivity contribution in [1.82, 2.24) is 35.5 Å². The molecule has 3 aromatic rings. The van der Waals surface area contributed by atoms with Crippen LogP contribution in [0, 0.1) is 6.92 Å². The number of rotatable bonds is 4. The predicted octanol–water partition coefficient (Wildman–Crippen LogP) is 1.55. The molecule has 0 unspecified atom stereocenters. The van der Waals surface area contributed by atoms with E-state index in [1.165, 1.54) is 0 Å². The molecule has 1 aliphatic heterocycles. The summed E-state index contributed by atoms with van der Waals surface area (Å²) in [6.07, 6.45) is 3.69. The van der Waals surface area contributed by atoms with Crippen molar-refractivity contribution in [3.05, 3.63) is 42.0 Å². The summed E-state index contributed by atoms with van der Waals surface area (Å²) in [7, 11) is 0. The van der Waals surface area contributed by atoms with Gasteiger partial charge in [-0.3, -0.25) is 9.89 Å². The van der Waals surface area contributed by atoms with Gasteiger partial charge in [-0.2, -0.15) is 5.10 Å². The molecule has 1 amide bonds. The second-order valence-electron chi connectivity index (χ2n) is 6.34. The number of nitrogens with one attached hydrogen (secondary N) is 3. The molecule has 0 radical (unpaired) electrons. The van der Waals surface area contributed by atoms with Crippen LogP contribution in [0.3, 0.4) is 0 Å². The number of aromatic nitrogens is 6. The van der Waals surface area contributed by atoms with Crippen LogP contribution in [-0.2, 0) is 0 Å². The molecule has 1 fully saturated rings. The third-order valence-electron chi connectivity index (χ3n) is 4.40. The smallest absolute Gasteiger partial charge is 0.277 e. The van der Waals surface area contributed by atoms with Gasteiger partial charge in [-0.15, -0.1) is 5.10 Å². The molecule has 3 N–H and O–H groups in total. The molecular formula is C17H20N8O. The molecule has 1 aromatic carbocycles. The Bertz CT molecular complexity index is 909. The van der Waals surface area contributed by atoms with Crippen LogP contribution in [0.1, 0.15) is 35.2 Å². The fraction of sp³-hybridized carbons (Fsp3) is 0.353. The van der Waals surface area contributed by atoms with E-state index in [1.807, 2.05) is 31.2 Å². The number of anilines is 1. The van der Waals surface area contributed by atoms with E-state index < -0.39 is 0 Å². The van der Waals surface area contributed by atoms with Crippen LogP contribution in [0.4, 0.5) is 5.69 Å². The minimum absolute atomic E-state index is 0.284. The maximum atomic E-state index is 12.5. The third-order valence-corrected chi connectivity index (χ3v) is 4.40. The maximum absolute atomic E-state index is 12.5. The van der Waals surface area contributed by atoms with E-state index in [1.54, 1.807) is 10.9 Å². The number of carbonyl (C=O) groups excluding carboxylic acids is 1. The van der Waals surface area contributed by atoms with E-state index in [0.29, 0.717) is 23.2 Å². The second kappa shape index (κ2) is 7.04. The Morgan fingerprint density at radius 2 is 2.15 bits per heavy atom. The summed E-state index contributed by atoms with van der Waals surface area (Å²) < 4.78 is 1.79. The van der Waals surface area contributed by atoms with Gasteiger partial charge in [-0.05, 0) is 45.0 Å². The average molecular weight is 352 g/mol. The van der Waals surface area contributed by atoms with Crippen molar-refractivity contribution in [3.63, 3.8) is 0 Å². The van der Waals surface area contributed by atoms with Gasteiger partial charge in [0.05, 0.1) is 12.2 Å². The van der Waals surface area contributed by atoms with Crippen molar-refractivity contribution in [2.24, 2.45) is 0 Å². The highest BCUT2D eigenvalue weighted by Gasteiger charge is 2.19. The molecule has 1 aliphatic rings. The normalized spacial score (nSPS) is 15.1. The number of amides is 1. The first-order valence-corrected chi connectivity index (χ1v) is 8.62. The number of H-pyrrole nitrogens is 1. The third kappa shape index (κ3) is 3.47. The lowest BCUT2D eigenvalue weighted by atomic mass is 10.1. The summed E-state index contributed by atoms with van der Waals surface area (Å²) in [6, 6.07) is 7.69. The molecule has 26 heavy (non-hydrogen) atoms. The van der Waals surface area contributed by atoms with E-state index in [9.17, 15) is 4.79 Å². The molecule has 9 nitrogen and oxygen atoms in total. The van der Waals surface area contributed by atoms with Gasteiger partial charge in [0.25, 0.3) is 5.91 Å². The fourth-order valence-corrected chi connectivity index (χ4v) is 3.03. The Kier molecular flexibility index (Phi) is 4.44. The van der Waals surface area contributed by atoms with Crippen molar-refractivity contribution in [1.29, 1.82) is 0 Å². The van der Waals surface area contributed by atoms with Crippen LogP contribution in [0.2, 0.25) is 0 Å². The van der Waals surface area contributed by atoms with E-state index in [-0.39, 0.29) is 5.91 Å². The van der Waals surface area contributed by atoms with Crippen LogP contribution < -0.4 is 10.6 Å². The summed E-state index contributed by atoms with van der Waals surface area (Å²) in [4.78, 5) is 16.8. The van der Waals surface area contributed by atoms with Crippen molar-refractivity contribution in [3.8, 4) is 11.4 Å². The number of hydrogen-bond donors (Lipinski definition) is 3. The van der Waals surface area contributed by atoms with E-state index >= 15 is 0 Å². The first kappa shape index (κ1) is 16.4. The Hall–Kier alpha value is -3.07. The monoisotopic (exact) mass is 352 g/mol. The van der Waals surface area contributed by atoms with Crippen molar-refractivity contribution >= 4 is 11.6 Å². The number of carbonyl (C=O) groups is 1. The summed E-state index contributed by atoms with van der Waals surface area (Å²) in [5, 5.41) is 21.3. The van der Waals surface area contributed by atoms with Gasteiger partial charge in [0, 0.05) is 11.3 Å². The lowest BCUT2D eigenvalue weighted by Gasteiger charge is -2.22. The van der Waals surface area contributed by atoms with Gasteiger partial charge in [0.15, 0.2) is 11.5 Å². The average Bonchev–Trinajstić information content (AvgIpc) is 3.32. The van der Waals surface area contributed by atoms with Crippen molar-refractivity contribution in [2.75, 3.05) is 18.4 Å². The molecule has 0 atom stereocenters. The number of aromatic amines is 1. The molecule has 9 heteroatoms. The van der Waals surface area contributed by atoms with Gasteiger partial charge in [-0.25, -0.2) is 9.67 Å². The number of hydrogen-bond acceptors (Lipinski definition) is 6. The summed E-state index contributed by atoms with van der Waals surface area (Å²) in [5.41, 5.74) is 1.79.